The summed E-state index contributed by atoms with van der Waals surface area (Å²) in [6.45, 7) is 3.33. The van der Waals surface area contributed by atoms with E-state index >= 15 is 0 Å². The van der Waals surface area contributed by atoms with E-state index in [9.17, 15) is 24.0 Å². The Morgan fingerprint density at radius 2 is 1.19 bits per heavy atom. The van der Waals surface area contributed by atoms with Gasteiger partial charge in [0.15, 0.2) is 0 Å². The monoisotopic (exact) mass is 614 g/mol. The number of imide groups is 2. The highest BCUT2D eigenvalue weighted by Gasteiger charge is 2.77. The first-order valence-electron chi connectivity index (χ1n) is 13.8. The fourth-order valence-electron chi connectivity index (χ4n) is 7.99. The normalized spacial score (nSPS) is 29.3. The fraction of sp³-hybridized carbons (Fsp3) is 0.242. The van der Waals surface area contributed by atoms with Gasteiger partial charge in [-0.1, -0.05) is 66.0 Å². The van der Waals surface area contributed by atoms with Crippen LogP contribution in [0.4, 0.5) is 11.4 Å². The second kappa shape index (κ2) is 9.62. The summed E-state index contributed by atoms with van der Waals surface area (Å²) in [7, 11) is 0. The van der Waals surface area contributed by atoms with Crippen molar-refractivity contribution < 1.29 is 28.7 Å². The molecule has 3 aliphatic carbocycles. The molecule has 3 fully saturated rings. The van der Waals surface area contributed by atoms with Crippen molar-refractivity contribution in [3.05, 3.63) is 100 Å². The molecule has 216 valence electrons. The van der Waals surface area contributed by atoms with E-state index in [0.717, 1.165) is 9.80 Å². The molecule has 8 nitrogen and oxygen atoms in total. The van der Waals surface area contributed by atoms with Gasteiger partial charge in [-0.15, -0.1) is 0 Å². The minimum absolute atomic E-state index is 0.145. The Morgan fingerprint density at radius 3 is 1.65 bits per heavy atom. The highest BCUT2D eigenvalue weighted by Crippen LogP contribution is 2.68. The molecular formula is C33H24Cl2N2O6. The quantitative estimate of drug-likeness (QED) is 0.219. The molecule has 2 heterocycles. The molecule has 2 saturated heterocycles. The predicted octanol–water partition coefficient (Wildman–Crippen LogP) is 5.48. The first-order valence-corrected chi connectivity index (χ1v) is 14.6. The zero-order valence-electron chi connectivity index (χ0n) is 23.0. The van der Waals surface area contributed by atoms with Crippen LogP contribution in [-0.2, 0) is 24.0 Å². The van der Waals surface area contributed by atoms with Crippen LogP contribution in [0.3, 0.4) is 0 Å². The van der Waals surface area contributed by atoms with E-state index in [1.807, 2.05) is 0 Å². The van der Waals surface area contributed by atoms with Gasteiger partial charge in [0.1, 0.15) is 5.75 Å². The van der Waals surface area contributed by atoms with Gasteiger partial charge < -0.3 is 4.74 Å². The van der Waals surface area contributed by atoms with Crippen LogP contribution in [0.5, 0.6) is 5.75 Å². The van der Waals surface area contributed by atoms with Crippen molar-refractivity contribution in [3.8, 4) is 5.75 Å². The van der Waals surface area contributed by atoms with Crippen molar-refractivity contribution in [1.82, 2.24) is 0 Å². The molecule has 10 heteroatoms. The third kappa shape index (κ3) is 3.72. The highest BCUT2D eigenvalue weighted by molar-refractivity contribution is 6.32. The molecule has 1 saturated carbocycles. The molecule has 8 rings (SSSR count). The summed E-state index contributed by atoms with van der Waals surface area (Å²) < 4.78 is 5.77. The maximum absolute atomic E-state index is 14.3. The molecule has 6 atom stereocenters. The first-order chi connectivity index (χ1) is 20.6. The Kier molecular flexibility index (Phi) is 6.17. The summed E-state index contributed by atoms with van der Waals surface area (Å²) in [5.74, 6) is -7.56. The van der Waals surface area contributed by atoms with E-state index in [2.05, 4.69) is 0 Å². The van der Waals surface area contributed by atoms with Gasteiger partial charge in [-0.3, -0.25) is 19.2 Å². The lowest BCUT2D eigenvalue weighted by Gasteiger charge is -2.55. The maximum atomic E-state index is 14.3. The average Bonchev–Trinajstić information content (AvgIpc) is 3.39. The van der Waals surface area contributed by atoms with E-state index in [-0.39, 0.29) is 22.7 Å². The molecule has 2 unspecified atom stereocenters. The zero-order chi connectivity index (χ0) is 30.4. The van der Waals surface area contributed by atoms with Crippen molar-refractivity contribution in [1.29, 1.82) is 0 Å². The average molecular weight is 615 g/mol. The minimum Gasteiger partial charge on any atom is -0.423 e. The highest BCUT2D eigenvalue weighted by atomic mass is 35.5. The van der Waals surface area contributed by atoms with Crippen LogP contribution in [0.25, 0.3) is 0 Å². The molecule has 0 N–H and O–H groups in total. The Hall–Kier alpha value is -4.27. The molecule has 3 aromatic carbocycles. The molecule has 2 aliphatic heterocycles. The molecule has 0 spiro atoms. The Balaban J connectivity index is 1.41. The lowest BCUT2D eigenvalue weighted by molar-refractivity contribution is -0.152. The molecule has 43 heavy (non-hydrogen) atoms. The van der Waals surface area contributed by atoms with Gasteiger partial charge in [0, 0.05) is 27.0 Å². The SMILES string of the molecule is CC1=C(C(=O)Oc2ccccc2)C2(C)[C@@H]3C(=O)N(c4cccc(Cl)c4)C(=O)[C@@H]3C1[C@H]1C(=O)N(c3cccc(Cl)c3)C(=O)[C@@H]12. The third-order valence-corrected chi connectivity index (χ3v) is 9.96. The first kappa shape index (κ1) is 27.6. The van der Waals surface area contributed by atoms with Gasteiger partial charge in [0.2, 0.25) is 23.6 Å². The Morgan fingerprint density at radius 1 is 0.698 bits per heavy atom. The molecule has 5 aliphatic rings. The van der Waals surface area contributed by atoms with E-state index in [1.54, 1.807) is 80.6 Å². The third-order valence-electron chi connectivity index (χ3n) is 9.49. The summed E-state index contributed by atoms with van der Waals surface area (Å²) in [6, 6.07) is 21.2. The number of esters is 1. The summed E-state index contributed by atoms with van der Waals surface area (Å²) in [5, 5.41) is 0.672. The van der Waals surface area contributed by atoms with Gasteiger partial charge >= 0.3 is 5.97 Å². The van der Waals surface area contributed by atoms with Crippen LogP contribution in [0.1, 0.15) is 13.8 Å². The van der Waals surface area contributed by atoms with Crippen LogP contribution in [-0.4, -0.2) is 29.6 Å². The van der Waals surface area contributed by atoms with Crippen LogP contribution >= 0.6 is 23.2 Å². The number of benzene rings is 3. The number of anilines is 2. The number of rotatable bonds is 4. The van der Waals surface area contributed by atoms with Gasteiger partial charge in [-0.2, -0.15) is 0 Å². The van der Waals surface area contributed by atoms with Gasteiger partial charge in [-0.25, -0.2) is 14.6 Å². The smallest absolute Gasteiger partial charge is 0.339 e. The van der Waals surface area contributed by atoms with E-state index < -0.39 is 64.6 Å². The second-order valence-electron chi connectivity index (χ2n) is 11.6. The van der Waals surface area contributed by atoms with Gasteiger partial charge in [0.05, 0.1) is 35.0 Å². The van der Waals surface area contributed by atoms with Gasteiger partial charge in [-0.05, 0) is 55.5 Å². The number of amides is 4. The standard InChI is InChI=1S/C33H24Cl2N2O6/c1-16-22-23-26(30(40)36(28(23)38)19-10-6-8-17(34)14-19)33(2,25(16)32(42)43-21-12-4-3-5-13-21)27-24(22)29(39)37(31(27)41)20-11-7-9-18(35)15-20/h3-15,22-24,26-27H,1-2H3/t22?,23-,24-,26-,27+,33?/m1/s1. The molecule has 3 aromatic rings. The van der Waals surface area contributed by atoms with Crippen molar-refractivity contribution in [2.75, 3.05) is 9.80 Å². The second-order valence-corrected chi connectivity index (χ2v) is 12.4. The predicted molar refractivity (Wildman–Crippen MR) is 158 cm³/mol. The summed E-state index contributed by atoms with van der Waals surface area (Å²) in [6.07, 6.45) is 0. The van der Waals surface area contributed by atoms with Gasteiger partial charge in [0.25, 0.3) is 0 Å². The molecule has 2 bridgehead atoms. The molecule has 4 amide bonds. The van der Waals surface area contributed by atoms with Crippen molar-refractivity contribution >= 4 is 64.2 Å². The zero-order valence-corrected chi connectivity index (χ0v) is 24.5. The Labute approximate surface area is 256 Å². The Bertz CT molecular complexity index is 1710. The number of hydrogen-bond acceptors (Lipinski definition) is 6. The number of halogens is 2. The van der Waals surface area contributed by atoms with Crippen LogP contribution in [0.2, 0.25) is 10.0 Å². The summed E-state index contributed by atoms with van der Waals surface area (Å²) in [5.41, 5.74) is -0.356. The minimum atomic E-state index is -1.54. The van der Waals surface area contributed by atoms with Crippen molar-refractivity contribution in [2.24, 2.45) is 35.0 Å². The van der Waals surface area contributed by atoms with Crippen molar-refractivity contribution in [3.63, 3.8) is 0 Å². The number of allylic oxidation sites excluding steroid dienone is 1. The van der Waals surface area contributed by atoms with E-state index in [4.69, 9.17) is 27.9 Å². The number of para-hydroxylation sites is 1. The van der Waals surface area contributed by atoms with Crippen LogP contribution in [0, 0.1) is 35.0 Å². The maximum Gasteiger partial charge on any atom is 0.339 e. The van der Waals surface area contributed by atoms with E-state index in [0.29, 0.717) is 15.6 Å². The number of carbonyl (C=O) groups is 5. The number of hydrogen-bond donors (Lipinski definition) is 0. The van der Waals surface area contributed by atoms with Crippen LogP contribution in [0.15, 0.2) is 90.0 Å². The lowest BCUT2D eigenvalue weighted by atomic mass is 9.43. The van der Waals surface area contributed by atoms with E-state index in [1.165, 1.54) is 12.1 Å². The fourth-order valence-corrected chi connectivity index (χ4v) is 8.36. The lowest BCUT2D eigenvalue weighted by Crippen LogP contribution is -2.61. The van der Waals surface area contributed by atoms with Crippen molar-refractivity contribution in [2.45, 2.75) is 13.8 Å². The number of carbonyl (C=O) groups excluding carboxylic acids is 5. The molecular weight excluding hydrogens is 591 g/mol. The largest absolute Gasteiger partial charge is 0.423 e. The topological polar surface area (TPSA) is 101 Å². The summed E-state index contributed by atoms with van der Waals surface area (Å²) in [4.78, 5) is 73.1. The number of ether oxygens (including phenoxy) is 1. The molecule has 0 aromatic heterocycles. The molecule has 0 radical (unpaired) electrons. The number of nitrogens with zero attached hydrogens (tertiary/aromatic N) is 2. The summed E-state index contributed by atoms with van der Waals surface area (Å²) >= 11 is 12.4. The van der Waals surface area contributed by atoms with Crippen LogP contribution < -0.4 is 14.5 Å².